The largest absolute Gasteiger partial charge is 0.324 e. The Bertz CT molecular complexity index is 526. The molecule has 0 spiro atoms. The SMILES string of the molecule is NC(Cc1ccc([N+](=O)[O-])cn1)c1ccccc1. The highest BCUT2D eigenvalue weighted by atomic mass is 16.6. The van der Waals surface area contributed by atoms with E-state index in [0.717, 1.165) is 11.3 Å². The Balaban J connectivity index is 2.08. The maximum atomic E-state index is 10.5. The molecule has 92 valence electrons. The van der Waals surface area contributed by atoms with E-state index in [2.05, 4.69) is 4.98 Å². The van der Waals surface area contributed by atoms with Crippen LogP contribution in [0.4, 0.5) is 5.69 Å². The predicted molar refractivity (Wildman–Crippen MR) is 68.0 cm³/mol. The first-order valence-corrected chi connectivity index (χ1v) is 5.56. The normalized spacial score (nSPS) is 12.1. The fourth-order valence-corrected chi connectivity index (χ4v) is 1.69. The van der Waals surface area contributed by atoms with Crippen LogP contribution < -0.4 is 5.73 Å². The topological polar surface area (TPSA) is 82.0 Å². The zero-order valence-electron chi connectivity index (χ0n) is 9.69. The van der Waals surface area contributed by atoms with Gasteiger partial charge < -0.3 is 5.73 Å². The minimum atomic E-state index is -0.464. The van der Waals surface area contributed by atoms with Crippen molar-refractivity contribution in [3.8, 4) is 0 Å². The van der Waals surface area contributed by atoms with Gasteiger partial charge in [-0.05, 0) is 11.6 Å². The number of rotatable bonds is 4. The van der Waals surface area contributed by atoms with Crippen LogP contribution >= 0.6 is 0 Å². The molecule has 0 radical (unpaired) electrons. The molecule has 1 aromatic heterocycles. The van der Waals surface area contributed by atoms with Gasteiger partial charge in [-0.3, -0.25) is 15.1 Å². The molecule has 1 unspecified atom stereocenters. The van der Waals surface area contributed by atoms with Gasteiger partial charge in [-0.2, -0.15) is 0 Å². The number of benzene rings is 1. The summed E-state index contributed by atoms with van der Waals surface area (Å²) in [5.74, 6) is 0. The monoisotopic (exact) mass is 243 g/mol. The maximum absolute atomic E-state index is 10.5. The molecule has 0 saturated heterocycles. The summed E-state index contributed by atoms with van der Waals surface area (Å²) in [5.41, 5.74) is 7.82. The van der Waals surface area contributed by atoms with Crippen molar-refractivity contribution in [1.29, 1.82) is 0 Å². The van der Waals surface area contributed by atoms with Crippen LogP contribution in [0.3, 0.4) is 0 Å². The molecule has 1 heterocycles. The fourth-order valence-electron chi connectivity index (χ4n) is 1.69. The van der Waals surface area contributed by atoms with Gasteiger partial charge >= 0.3 is 0 Å². The first-order valence-electron chi connectivity index (χ1n) is 5.56. The highest BCUT2D eigenvalue weighted by molar-refractivity contribution is 5.28. The Labute approximate surface area is 104 Å². The summed E-state index contributed by atoms with van der Waals surface area (Å²) in [6.45, 7) is 0. The molecule has 1 aromatic carbocycles. The van der Waals surface area contributed by atoms with Crippen LogP contribution in [-0.2, 0) is 6.42 Å². The van der Waals surface area contributed by atoms with Crippen LogP contribution in [0.1, 0.15) is 17.3 Å². The third kappa shape index (κ3) is 2.89. The van der Waals surface area contributed by atoms with E-state index in [4.69, 9.17) is 5.73 Å². The molecule has 0 aliphatic rings. The minimum absolute atomic E-state index is 0.00738. The molecule has 18 heavy (non-hydrogen) atoms. The number of aromatic nitrogens is 1. The van der Waals surface area contributed by atoms with Crippen LogP contribution in [0.25, 0.3) is 0 Å². The van der Waals surface area contributed by atoms with E-state index in [1.54, 1.807) is 6.07 Å². The number of pyridine rings is 1. The average molecular weight is 243 g/mol. The molecule has 2 rings (SSSR count). The third-order valence-corrected chi connectivity index (χ3v) is 2.68. The average Bonchev–Trinajstić information content (AvgIpc) is 2.40. The van der Waals surface area contributed by atoms with Gasteiger partial charge in [0.05, 0.1) is 4.92 Å². The van der Waals surface area contributed by atoms with Crippen LogP contribution in [0.15, 0.2) is 48.7 Å². The van der Waals surface area contributed by atoms with Crippen LogP contribution in [0, 0.1) is 10.1 Å². The highest BCUT2D eigenvalue weighted by Crippen LogP contribution is 2.16. The van der Waals surface area contributed by atoms with Gasteiger partial charge in [-0.1, -0.05) is 30.3 Å². The molecule has 0 fully saturated rings. The van der Waals surface area contributed by atoms with Gasteiger partial charge in [0, 0.05) is 24.2 Å². The van der Waals surface area contributed by atoms with Crippen molar-refractivity contribution in [1.82, 2.24) is 4.98 Å². The van der Waals surface area contributed by atoms with Gasteiger partial charge in [0.1, 0.15) is 6.20 Å². The Morgan fingerprint density at radius 2 is 1.94 bits per heavy atom. The molecule has 0 bridgehead atoms. The van der Waals surface area contributed by atoms with E-state index in [9.17, 15) is 10.1 Å². The summed E-state index contributed by atoms with van der Waals surface area (Å²) in [5, 5.41) is 10.5. The van der Waals surface area contributed by atoms with Gasteiger partial charge in [0.25, 0.3) is 5.69 Å². The predicted octanol–water partition coefficient (Wildman–Crippen LogP) is 2.23. The van der Waals surface area contributed by atoms with E-state index in [0.29, 0.717) is 6.42 Å². The van der Waals surface area contributed by atoms with E-state index >= 15 is 0 Å². The zero-order chi connectivity index (χ0) is 13.0. The second-order valence-electron chi connectivity index (χ2n) is 3.99. The third-order valence-electron chi connectivity index (χ3n) is 2.68. The van der Waals surface area contributed by atoms with E-state index in [-0.39, 0.29) is 11.7 Å². The Morgan fingerprint density at radius 3 is 2.50 bits per heavy atom. The van der Waals surface area contributed by atoms with Crippen molar-refractivity contribution in [3.63, 3.8) is 0 Å². The Hall–Kier alpha value is -2.27. The van der Waals surface area contributed by atoms with E-state index < -0.39 is 4.92 Å². The zero-order valence-corrected chi connectivity index (χ0v) is 9.69. The van der Waals surface area contributed by atoms with Gasteiger partial charge in [0.15, 0.2) is 0 Å². The smallest absolute Gasteiger partial charge is 0.287 e. The second-order valence-corrected chi connectivity index (χ2v) is 3.99. The number of nitrogens with two attached hydrogens (primary N) is 1. The van der Waals surface area contributed by atoms with Gasteiger partial charge in [0.2, 0.25) is 0 Å². The molecule has 2 aromatic rings. The number of nitrogens with zero attached hydrogens (tertiary/aromatic N) is 2. The fraction of sp³-hybridized carbons (Fsp3) is 0.154. The number of hydrogen-bond donors (Lipinski definition) is 1. The lowest BCUT2D eigenvalue weighted by atomic mass is 10.0. The summed E-state index contributed by atoms with van der Waals surface area (Å²) in [4.78, 5) is 14.1. The van der Waals surface area contributed by atoms with Crippen molar-refractivity contribution >= 4 is 5.69 Å². The van der Waals surface area contributed by atoms with Gasteiger partial charge in [-0.15, -0.1) is 0 Å². The quantitative estimate of drug-likeness (QED) is 0.659. The highest BCUT2D eigenvalue weighted by Gasteiger charge is 2.09. The Morgan fingerprint density at radius 1 is 1.22 bits per heavy atom. The van der Waals surface area contributed by atoms with Crippen LogP contribution in [-0.4, -0.2) is 9.91 Å². The molecular weight excluding hydrogens is 230 g/mol. The lowest BCUT2D eigenvalue weighted by molar-refractivity contribution is -0.385. The van der Waals surface area contributed by atoms with Crippen molar-refractivity contribution in [3.05, 3.63) is 70.0 Å². The van der Waals surface area contributed by atoms with Crippen molar-refractivity contribution in [2.45, 2.75) is 12.5 Å². The van der Waals surface area contributed by atoms with Crippen molar-refractivity contribution in [2.75, 3.05) is 0 Å². The summed E-state index contributed by atoms with van der Waals surface area (Å²) in [6.07, 6.45) is 1.81. The molecule has 5 heteroatoms. The summed E-state index contributed by atoms with van der Waals surface area (Å²) in [6, 6.07) is 12.6. The first-order chi connectivity index (χ1) is 8.66. The minimum Gasteiger partial charge on any atom is -0.324 e. The first kappa shape index (κ1) is 12.2. The number of nitro groups is 1. The standard InChI is InChI=1S/C13H13N3O2/c14-13(10-4-2-1-3-5-10)8-11-6-7-12(9-15-11)16(17)18/h1-7,9,13H,8,14H2. The van der Waals surface area contributed by atoms with Crippen LogP contribution in [0.2, 0.25) is 0 Å². The van der Waals surface area contributed by atoms with Crippen molar-refractivity contribution in [2.24, 2.45) is 5.73 Å². The molecule has 1 atom stereocenters. The molecule has 0 aliphatic heterocycles. The molecule has 2 N–H and O–H groups in total. The summed E-state index contributed by atoms with van der Waals surface area (Å²) < 4.78 is 0. The molecule has 5 nitrogen and oxygen atoms in total. The molecular formula is C13H13N3O2. The summed E-state index contributed by atoms with van der Waals surface area (Å²) in [7, 11) is 0. The van der Waals surface area contributed by atoms with Crippen LogP contribution in [0.5, 0.6) is 0 Å². The van der Waals surface area contributed by atoms with E-state index in [1.165, 1.54) is 12.3 Å². The van der Waals surface area contributed by atoms with E-state index in [1.807, 2.05) is 30.3 Å². The maximum Gasteiger partial charge on any atom is 0.287 e. The lowest BCUT2D eigenvalue weighted by Crippen LogP contribution is -2.13. The molecule has 0 aliphatic carbocycles. The number of hydrogen-bond acceptors (Lipinski definition) is 4. The molecule has 0 saturated carbocycles. The second kappa shape index (κ2) is 5.37. The molecule has 0 amide bonds. The Kier molecular flexibility index (Phi) is 3.64. The summed E-state index contributed by atoms with van der Waals surface area (Å²) >= 11 is 0. The van der Waals surface area contributed by atoms with Gasteiger partial charge in [-0.25, -0.2) is 0 Å². The lowest BCUT2D eigenvalue weighted by Gasteiger charge is -2.10. The van der Waals surface area contributed by atoms with Crippen molar-refractivity contribution < 1.29 is 4.92 Å².